The van der Waals surface area contributed by atoms with E-state index < -0.39 is 12.7 Å². The van der Waals surface area contributed by atoms with E-state index in [0.29, 0.717) is 32.0 Å². The highest BCUT2D eigenvalue weighted by Gasteiger charge is 2.29. The maximum Gasteiger partial charge on any atom is 0.401 e. The Hall–Kier alpha value is -1.02. The van der Waals surface area contributed by atoms with Gasteiger partial charge in [0.15, 0.2) is 5.96 Å². The van der Waals surface area contributed by atoms with Crippen LogP contribution in [0.5, 0.6) is 0 Å². The van der Waals surface area contributed by atoms with E-state index in [0.717, 1.165) is 12.8 Å². The van der Waals surface area contributed by atoms with Crippen LogP contribution in [0.15, 0.2) is 4.99 Å². The fraction of sp³-hybridized carbons (Fsp3) is 0.938. The van der Waals surface area contributed by atoms with Crippen molar-refractivity contribution in [3.8, 4) is 0 Å². The number of alkyl halides is 3. The van der Waals surface area contributed by atoms with Crippen molar-refractivity contribution in [1.82, 2.24) is 15.5 Å². The fourth-order valence-electron chi connectivity index (χ4n) is 2.48. The molecule has 0 aromatic carbocycles. The smallest absolute Gasteiger partial charge is 0.396 e. The molecule has 0 saturated heterocycles. The van der Waals surface area contributed by atoms with Crippen LogP contribution < -0.4 is 10.6 Å². The second-order valence-corrected chi connectivity index (χ2v) is 6.16. The van der Waals surface area contributed by atoms with E-state index in [-0.39, 0.29) is 18.6 Å². The lowest BCUT2D eigenvalue weighted by Crippen LogP contribution is -2.43. The first-order valence-electron chi connectivity index (χ1n) is 8.60. The Balaban J connectivity index is 4.57. The SMILES string of the molecule is CCNC(=NCC(CC)(CC)CCO)NCCN(C)CC(F)(F)F. The summed E-state index contributed by atoms with van der Waals surface area (Å²) in [4.78, 5) is 5.79. The van der Waals surface area contributed by atoms with Crippen LogP contribution in [0.3, 0.4) is 0 Å². The number of hydrogen-bond donors (Lipinski definition) is 3. The molecule has 144 valence electrons. The molecule has 0 aromatic heterocycles. The Labute approximate surface area is 143 Å². The van der Waals surface area contributed by atoms with Crippen LogP contribution in [0.1, 0.15) is 40.0 Å². The van der Waals surface area contributed by atoms with Gasteiger partial charge in [-0.2, -0.15) is 13.2 Å². The lowest BCUT2D eigenvalue weighted by atomic mass is 9.79. The average Bonchev–Trinajstić information content (AvgIpc) is 2.49. The lowest BCUT2D eigenvalue weighted by Gasteiger charge is -2.29. The van der Waals surface area contributed by atoms with Gasteiger partial charge in [0.05, 0.1) is 6.54 Å². The van der Waals surface area contributed by atoms with Gasteiger partial charge in [0.1, 0.15) is 0 Å². The van der Waals surface area contributed by atoms with Gasteiger partial charge in [-0.15, -0.1) is 0 Å². The van der Waals surface area contributed by atoms with Gasteiger partial charge >= 0.3 is 6.18 Å². The van der Waals surface area contributed by atoms with Crippen LogP contribution in [-0.4, -0.2) is 68.5 Å². The van der Waals surface area contributed by atoms with Crippen molar-refractivity contribution >= 4 is 5.96 Å². The maximum absolute atomic E-state index is 12.3. The molecule has 3 N–H and O–H groups in total. The highest BCUT2D eigenvalue weighted by Crippen LogP contribution is 2.30. The minimum absolute atomic E-state index is 0.0375. The molecular formula is C16H33F3N4O. The van der Waals surface area contributed by atoms with Gasteiger partial charge in [0.25, 0.3) is 0 Å². The number of hydrogen-bond acceptors (Lipinski definition) is 3. The molecule has 0 fully saturated rings. The number of nitrogens with zero attached hydrogens (tertiary/aromatic N) is 2. The zero-order valence-electron chi connectivity index (χ0n) is 15.3. The third kappa shape index (κ3) is 9.97. The number of rotatable bonds is 11. The number of guanidine groups is 1. The summed E-state index contributed by atoms with van der Waals surface area (Å²) in [5.41, 5.74) is -0.0375. The topological polar surface area (TPSA) is 59.9 Å². The first-order chi connectivity index (χ1) is 11.2. The molecule has 0 aliphatic carbocycles. The van der Waals surface area contributed by atoms with Crippen LogP contribution in [0.25, 0.3) is 0 Å². The summed E-state index contributed by atoms with van der Waals surface area (Å²) in [6.07, 6.45) is -1.65. The third-order valence-electron chi connectivity index (χ3n) is 4.29. The molecule has 0 radical (unpaired) electrons. The first-order valence-corrected chi connectivity index (χ1v) is 8.60. The standard InChI is InChI=1S/C16H33F3N4O/c1-5-15(6-2,8-11-24)12-22-14(20-7-3)21-9-10-23(4)13-16(17,18)19/h24H,5-13H2,1-4H3,(H2,20,21,22). The van der Waals surface area contributed by atoms with Crippen LogP contribution >= 0.6 is 0 Å². The largest absolute Gasteiger partial charge is 0.401 e. The molecule has 0 saturated carbocycles. The molecule has 0 aromatic rings. The monoisotopic (exact) mass is 354 g/mol. The Morgan fingerprint density at radius 3 is 2.21 bits per heavy atom. The van der Waals surface area contributed by atoms with E-state index in [1.807, 2.05) is 6.92 Å². The van der Waals surface area contributed by atoms with Gasteiger partial charge in [0.2, 0.25) is 0 Å². The highest BCUT2D eigenvalue weighted by atomic mass is 19.4. The Morgan fingerprint density at radius 2 is 1.75 bits per heavy atom. The maximum atomic E-state index is 12.3. The van der Waals surface area contributed by atoms with E-state index in [1.54, 1.807) is 0 Å². The van der Waals surface area contributed by atoms with E-state index in [1.165, 1.54) is 11.9 Å². The van der Waals surface area contributed by atoms with E-state index in [4.69, 9.17) is 0 Å². The second kappa shape index (κ2) is 11.5. The Morgan fingerprint density at radius 1 is 1.12 bits per heavy atom. The number of nitrogens with one attached hydrogen (secondary N) is 2. The number of aliphatic hydroxyl groups is 1. The summed E-state index contributed by atoms with van der Waals surface area (Å²) < 4.78 is 36.9. The summed E-state index contributed by atoms with van der Waals surface area (Å²) in [7, 11) is 1.44. The summed E-state index contributed by atoms with van der Waals surface area (Å²) in [5.74, 6) is 0.599. The second-order valence-electron chi connectivity index (χ2n) is 6.16. The van der Waals surface area contributed by atoms with Gasteiger partial charge in [0, 0.05) is 32.8 Å². The summed E-state index contributed by atoms with van der Waals surface area (Å²) >= 11 is 0. The molecule has 0 atom stereocenters. The molecule has 0 bridgehead atoms. The Kier molecular flexibility index (Phi) is 11.0. The molecule has 24 heavy (non-hydrogen) atoms. The van der Waals surface area contributed by atoms with Crippen molar-refractivity contribution in [1.29, 1.82) is 0 Å². The Bertz CT molecular complexity index is 358. The number of likely N-dealkylation sites (N-methyl/N-ethyl adjacent to an activating group) is 1. The number of halogens is 3. The van der Waals surface area contributed by atoms with Gasteiger partial charge in [-0.25, -0.2) is 0 Å². The lowest BCUT2D eigenvalue weighted by molar-refractivity contribution is -0.142. The van der Waals surface area contributed by atoms with Crippen molar-refractivity contribution in [2.75, 3.05) is 46.4 Å². The molecule has 0 rings (SSSR count). The number of aliphatic hydroxyl groups excluding tert-OH is 1. The molecule has 8 heteroatoms. The molecule has 0 unspecified atom stereocenters. The van der Waals surface area contributed by atoms with Crippen molar-refractivity contribution in [2.24, 2.45) is 10.4 Å². The van der Waals surface area contributed by atoms with Crippen LogP contribution in [0.2, 0.25) is 0 Å². The molecule has 0 aliphatic heterocycles. The molecule has 5 nitrogen and oxygen atoms in total. The van der Waals surface area contributed by atoms with Gasteiger partial charge in [-0.3, -0.25) is 9.89 Å². The third-order valence-corrected chi connectivity index (χ3v) is 4.29. The van der Waals surface area contributed by atoms with Crippen LogP contribution in [0, 0.1) is 5.41 Å². The van der Waals surface area contributed by atoms with Gasteiger partial charge < -0.3 is 15.7 Å². The zero-order valence-corrected chi connectivity index (χ0v) is 15.3. The van der Waals surface area contributed by atoms with E-state index >= 15 is 0 Å². The molecular weight excluding hydrogens is 321 g/mol. The summed E-state index contributed by atoms with van der Waals surface area (Å²) in [5, 5.41) is 15.4. The predicted octanol–water partition coefficient (Wildman–Crippen LogP) is 2.22. The van der Waals surface area contributed by atoms with E-state index in [9.17, 15) is 18.3 Å². The van der Waals surface area contributed by atoms with Crippen LogP contribution in [0.4, 0.5) is 13.2 Å². The van der Waals surface area contributed by atoms with Crippen LogP contribution in [-0.2, 0) is 0 Å². The van der Waals surface area contributed by atoms with Gasteiger partial charge in [-0.1, -0.05) is 13.8 Å². The molecule has 0 aliphatic rings. The summed E-state index contributed by atoms with van der Waals surface area (Å²) in [6, 6.07) is 0. The van der Waals surface area contributed by atoms with Crippen molar-refractivity contribution in [3.05, 3.63) is 0 Å². The van der Waals surface area contributed by atoms with Crippen molar-refractivity contribution < 1.29 is 18.3 Å². The summed E-state index contributed by atoms with van der Waals surface area (Å²) in [6.45, 7) is 7.22. The molecule has 0 heterocycles. The first kappa shape index (κ1) is 23.0. The quantitative estimate of drug-likeness (QED) is 0.393. The average molecular weight is 354 g/mol. The number of aliphatic imine (C=N–C) groups is 1. The minimum Gasteiger partial charge on any atom is -0.396 e. The van der Waals surface area contributed by atoms with Gasteiger partial charge in [-0.05, 0) is 38.6 Å². The van der Waals surface area contributed by atoms with Crippen molar-refractivity contribution in [2.45, 2.75) is 46.2 Å². The predicted molar refractivity (Wildman–Crippen MR) is 92.3 cm³/mol. The molecule has 0 amide bonds. The van der Waals surface area contributed by atoms with E-state index in [2.05, 4.69) is 29.5 Å². The molecule has 0 spiro atoms. The highest BCUT2D eigenvalue weighted by molar-refractivity contribution is 5.79. The minimum atomic E-state index is -4.18. The normalized spacial score (nSPS) is 13.5. The zero-order chi connectivity index (χ0) is 18.6. The fourth-order valence-corrected chi connectivity index (χ4v) is 2.48. The van der Waals surface area contributed by atoms with Crippen molar-refractivity contribution in [3.63, 3.8) is 0 Å².